The average molecular weight is 446 g/mol. The van der Waals surface area contributed by atoms with Gasteiger partial charge in [-0.25, -0.2) is 9.98 Å². The second-order valence-corrected chi connectivity index (χ2v) is 9.66. The Morgan fingerprint density at radius 2 is 1.97 bits per heavy atom. The van der Waals surface area contributed by atoms with E-state index in [0.717, 1.165) is 49.5 Å². The van der Waals surface area contributed by atoms with Crippen molar-refractivity contribution in [2.75, 3.05) is 26.2 Å². The first-order chi connectivity index (χ1) is 14.8. The van der Waals surface area contributed by atoms with E-state index in [1.807, 2.05) is 18.3 Å². The van der Waals surface area contributed by atoms with E-state index in [2.05, 4.69) is 65.3 Å². The van der Waals surface area contributed by atoms with Crippen LogP contribution in [0, 0.1) is 5.92 Å². The number of guanidine groups is 1. The Morgan fingerprint density at radius 3 is 2.61 bits per heavy atom. The Labute approximate surface area is 191 Å². The highest BCUT2D eigenvalue weighted by Crippen LogP contribution is 2.23. The van der Waals surface area contributed by atoms with Crippen LogP contribution in [-0.4, -0.2) is 42.0 Å². The molecule has 31 heavy (non-hydrogen) atoms. The Bertz CT molecular complexity index is 850. The van der Waals surface area contributed by atoms with E-state index in [4.69, 9.17) is 16.0 Å². The van der Waals surface area contributed by atoms with Crippen molar-refractivity contribution in [3.8, 4) is 0 Å². The summed E-state index contributed by atoms with van der Waals surface area (Å²) in [5.74, 6) is 2.99. The van der Waals surface area contributed by atoms with Crippen LogP contribution in [0.2, 0.25) is 5.02 Å². The van der Waals surface area contributed by atoms with Gasteiger partial charge in [-0.15, -0.1) is 0 Å². The molecule has 2 heterocycles. The fraction of sp³-hybridized carbons (Fsp3) is 0.583. The fourth-order valence-corrected chi connectivity index (χ4v) is 3.87. The molecule has 1 aromatic carbocycles. The molecule has 0 atom stereocenters. The molecule has 0 bridgehead atoms. The average Bonchev–Trinajstić information content (AvgIpc) is 3.22. The zero-order chi connectivity index (χ0) is 22.3. The summed E-state index contributed by atoms with van der Waals surface area (Å²) in [4.78, 5) is 11.5. The molecule has 7 heteroatoms. The maximum atomic E-state index is 6.32. The molecule has 1 aromatic heterocycles. The van der Waals surface area contributed by atoms with Gasteiger partial charge < -0.3 is 15.1 Å². The molecule has 3 rings (SSSR count). The highest BCUT2D eigenvalue weighted by molar-refractivity contribution is 6.31. The van der Waals surface area contributed by atoms with Crippen LogP contribution >= 0.6 is 11.6 Å². The number of benzene rings is 1. The van der Waals surface area contributed by atoms with E-state index in [1.165, 1.54) is 18.4 Å². The number of likely N-dealkylation sites (tertiary alicyclic amines) is 1. The maximum absolute atomic E-state index is 6.32. The van der Waals surface area contributed by atoms with Crippen molar-refractivity contribution >= 4 is 17.6 Å². The first kappa shape index (κ1) is 23.6. The van der Waals surface area contributed by atoms with Crippen LogP contribution in [-0.2, 0) is 18.5 Å². The lowest BCUT2D eigenvalue weighted by molar-refractivity contribution is 0.178. The van der Waals surface area contributed by atoms with Gasteiger partial charge in [0.2, 0.25) is 5.89 Å². The van der Waals surface area contributed by atoms with Crippen molar-refractivity contribution < 1.29 is 4.42 Å². The predicted molar refractivity (Wildman–Crippen MR) is 127 cm³/mol. The molecule has 1 aliphatic rings. The molecule has 1 saturated heterocycles. The second kappa shape index (κ2) is 11.0. The number of oxazole rings is 1. The number of halogens is 1. The van der Waals surface area contributed by atoms with Crippen molar-refractivity contribution in [1.82, 2.24) is 20.5 Å². The Morgan fingerprint density at radius 1 is 1.23 bits per heavy atom. The number of hydrogen-bond donors (Lipinski definition) is 2. The summed E-state index contributed by atoms with van der Waals surface area (Å²) in [5.41, 5.74) is 1.17. The summed E-state index contributed by atoms with van der Waals surface area (Å²) in [6, 6.07) is 8.13. The topological polar surface area (TPSA) is 65.7 Å². The molecule has 6 nitrogen and oxygen atoms in total. The van der Waals surface area contributed by atoms with Crippen molar-refractivity contribution in [3.63, 3.8) is 0 Å². The zero-order valence-corrected chi connectivity index (χ0v) is 20.0. The fourth-order valence-electron chi connectivity index (χ4n) is 3.68. The van der Waals surface area contributed by atoms with Crippen molar-refractivity contribution in [3.05, 3.63) is 52.7 Å². The van der Waals surface area contributed by atoms with Crippen LogP contribution in [0.15, 0.2) is 39.9 Å². The van der Waals surface area contributed by atoms with Crippen molar-refractivity contribution in [1.29, 1.82) is 0 Å². The van der Waals surface area contributed by atoms with Crippen LogP contribution in [0.1, 0.15) is 57.8 Å². The normalized spacial score (nSPS) is 16.5. The maximum Gasteiger partial charge on any atom is 0.216 e. The van der Waals surface area contributed by atoms with E-state index < -0.39 is 0 Å². The van der Waals surface area contributed by atoms with E-state index in [9.17, 15) is 0 Å². The Balaban J connectivity index is 1.45. The molecule has 2 aromatic rings. The number of rotatable bonds is 7. The number of hydrogen-bond acceptors (Lipinski definition) is 4. The first-order valence-corrected chi connectivity index (χ1v) is 11.7. The number of piperidine rings is 1. The van der Waals surface area contributed by atoms with Gasteiger partial charge in [-0.1, -0.05) is 50.6 Å². The molecular weight excluding hydrogens is 410 g/mol. The van der Waals surface area contributed by atoms with E-state index in [-0.39, 0.29) is 5.41 Å². The third kappa shape index (κ3) is 7.25. The van der Waals surface area contributed by atoms with Crippen LogP contribution in [0.5, 0.6) is 0 Å². The quantitative estimate of drug-likeness (QED) is 0.482. The molecule has 0 aliphatic carbocycles. The summed E-state index contributed by atoms with van der Waals surface area (Å²) >= 11 is 6.32. The van der Waals surface area contributed by atoms with Crippen LogP contribution in [0.3, 0.4) is 0 Å². The summed E-state index contributed by atoms with van der Waals surface area (Å²) < 4.78 is 5.85. The van der Waals surface area contributed by atoms with Crippen LogP contribution in [0.25, 0.3) is 0 Å². The number of nitrogens with one attached hydrogen (secondary N) is 2. The minimum Gasteiger partial charge on any atom is -0.443 e. The largest absolute Gasteiger partial charge is 0.443 e. The predicted octanol–water partition coefficient (Wildman–Crippen LogP) is 4.59. The second-order valence-electron chi connectivity index (χ2n) is 9.26. The molecule has 1 aliphatic heterocycles. The summed E-state index contributed by atoms with van der Waals surface area (Å²) in [7, 11) is 0. The van der Waals surface area contributed by atoms with Crippen molar-refractivity contribution in [2.45, 2.75) is 59.0 Å². The Hall–Kier alpha value is -2.05. The van der Waals surface area contributed by atoms with E-state index in [0.29, 0.717) is 18.4 Å². The molecule has 170 valence electrons. The van der Waals surface area contributed by atoms with Gasteiger partial charge in [0.05, 0.1) is 6.20 Å². The third-order valence-corrected chi connectivity index (χ3v) is 6.00. The number of nitrogens with zero attached hydrogens (tertiary/aromatic N) is 3. The summed E-state index contributed by atoms with van der Waals surface area (Å²) in [6.07, 6.45) is 4.15. The smallest absolute Gasteiger partial charge is 0.216 e. The highest BCUT2D eigenvalue weighted by Gasteiger charge is 2.21. The molecule has 2 N–H and O–H groups in total. The molecule has 0 amide bonds. The monoisotopic (exact) mass is 445 g/mol. The first-order valence-electron chi connectivity index (χ1n) is 11.3. The summed E-state index contributed by atoms with van der Waals surface area (Å²) in [6.45, 7) is 13.7. The molecule has 0 saturated carbocycles. The number of aliphatic imine (C=N–C) groups is 1. The van der Waals surface area contributed by atoms with Gasteiger partial charge in [-0.2, -0.15) is 0 Å². The zero-order valence-electron chi connectivity index (χ0n) is 19.2. The molecule has 0 spiro atoms. The third-order valence-electron chi connectivity index (χ3n) is 5.63. The minimum absolute atomic E-state index is 0.0432. The molecule has 1 fully saturated rings. The van der Waals surface area contributed by atoms with E-state index >= 15 is 0 Å². The lowest BCUT2D eigenvalue weighted by Gasteiger charge is -2.32. The van der Waals surface area contributed by atoms with Gasteiger partial charge in [-0.3, -0.25) is 4.90 Å². The van der Waals surface area contributed by atoms with Crippen molar-refractivity contribution in [2.24, 2.45) is 10.9 Å². The molecule has 0 unspecified atom stereocenters. The van der Waals surface area contributed by atoms with Gasteiger partial charge in [0.1, 0.15) is 12.3 Å². The SMILES string of the molecule is CCNC(=NCc1ncc(C(C)(C)C)o1)NCC1CCN(Cc2ccccc2Cl)CC1. The number of aromatic nitrogens is 1. The van der Waals surface area contributed by atoms with Gasteiger partial charge >= 0.3 is 0 Å². The van der Waals surface area contributed by atoms with Gasteiger partial charge in [0.25, 0.3) is 0 Å². The van der Waals surface area contributed by atoms with Crippen LogP contribution in [0.4, 0.5) is 0 Å². The molecule has 0 radical (unpaired) electrons. The lowest BCUT2D eigenvalue weighted by Crippen LogP contribution is -2.42. The Kier molecular flexibility index (Phi) is 8.38. The van der Waals surface area contributed by atoms with Gasteiger partial charge in [0, 0.05) is 30.1 Å². The summed E-state index contributed by atoms with van der Waals surface area (Å²) in [5, 5.41) is 7.68. The van der Waals surface area contributed by atoms with Gasteiger partial charge in [0.15, 0.2) is 5.96 Å². The standard InChI is InChI=1S/C24H36ClN5O/c1-5-26-23(29-16-22-27-15-21(31-22)24(2,3)4)28-14-18-10-12-30(13-11-18)17-19-8-6-7-9-20(19)25/h6-9,15,18H,5,10-14,16-17H2,1-4H3,(H2,26,28,29). The van der Waals surface area contributed by atoms with Crippen LogP contribution < -0.4 is 10.6 Å². The van der Waals surface area contributed by atoms with E-state index in [1.54, 1.807) is 0 Å². The minimum atomic E-state index is -0.0432. The van der Waals surface area contributed by atoms with Gasteiger partial charge in [-0.05, 0) is 50.4 Å². The highest BCUT2D eigenvalue weighted by atomic mass is 35.5. The molecular formula is C24H36ClN5O. The lowest BCUT2D eigenvalue weighted by atomic mass is 9.94.